The minimum absolute atomic E-state index is 0.115. The fourth-order valence-electron chi connectivity index (χ4n) is 1.69. The number of benzene rings is 1. The Morgan fingerprint density at radius 3 is 2.88 bits per heavy atom. The number of carbonyl (C=O) groups excluding carboxylic acids is 1. The molecular formula is C14H22N2O. The van der Waals surface area contributed by atoms with Gasteiger partial charge in [-0.15, -0.1) is 0 Å². The van der Waals surface area contributed by atoms with Crippen LogP contribution in [0.3, 0.4) is 0 Å². The lowest BCUT2D eigenvalue weighted by molar-refractivity contribution is 0.0985. The van der Waals surface area contributed by atoms with Gasteiger partial charge in [-0.1, -0.05) is 31.9 Å². The van der Waals surface area contributed by atoms with Gasteiger partial charge in [-0.05, 0) is 25.1 Å². The van der Waals surface area contributed by atoms with Crippen LogP contribution in [0.1, 0.15) is 43.0 Å². The molecule has 17 heavy (non-hydrogen) atoms. The fraction of sp³-hybridized carbons (Fsp3) is 0.500. The highest BCUT2D eigenvalue weighted by Crippen LogP contribution is 2.12. The van der Waals surface area contributed by atoms with Crippen LogP contribution >= 0.6 is 0 Å². The van der Waals surface area contributed by atoms with Gasteiger partial charge >= 0.3 is 0 Å². The van der Waals surface area contributed by atoms with Gasteiger partial charge in [0, 0.05) is 24.2 Å². The van der Waals surface area contributed by atoms with Crippen molar-refractivity contribution in [1.82, 2.24) is 0 Å². The standard InChI is InChI=1S/C14H22N2O/c1-2-3-4-10-16-13-7-5-6-12(11-13)14(17)8-9-15/h5-7,11,16H,2-4,8-10,15H2,1H3. The molecule has 0 bridgehead atoms. The number of anilines is 1. The molecule has 0 unspecified atom stereocenters. The molecule has 3 heteroatoms. The van der Waals surface area contributed by atoms with E-state index in [4.69, 9.17) is 5.73 Å². The van der Waals surface area contributed by atoms with Crippen LogP contribution in [0, 0.1) is 0 Å². The Morgan fingerprint density at radius 2 is 2.18 bits per heavy atom. The number of Topliss-reactive ketones (excluding diaryl/α,β-unsaturated/α-hetero) is 1. The fourth-order valence-corrected chi connectivity index (χ4v) is 1.69. The zero-order chi connectivity index (χ0) is 12.5. The van der Waals surface area contributed by atoms with Gasteiger partial charge in [0.25, 0.3) is 0 Å². The van der Waals surface area contributed by atoms with E-state index in [-0.39, 0.29) is 5.78 Å². The van der Waals surface area contributed by atoms with E-state index in [1.165, 1.54) is 12.8 Å². The van der Waals surface area contributed by atoms with Crippen LogP contribution in [0.15, 0.2) is 24.3 Å². The Morgan fingerprint density at radius 1 is 1.35 bits per heavy atom. The predicted octanol–water partition coefficient (Wildman–Crippen LogP) is 2.82. The Hall–Kier alpha value is -1.35. The maximum atomic E-state index is 11.7. The van der Waals surface area contributed by atoms with Crippen LogP contribution in [0.5, 0.6) is 0 Å². The molecule has 0 spiro atoms. The van der Waals surface area contributed by atoms with Gasteiger partial charge in [0.05, 0.1) is 0 Å². The molecule has 0 saturated carbocycles. The second-order valence-electron chi connectivity index (χ2n) is 4.18. The maximum Gasteiger partial charge on any atom is 0.164 e. The third kappa shape index (κ3) is 5.00. The van der Waals surface area contributed by atoms with Crippen LogP contribution < -0.4 is 11.1 Å². The second-order valence-corrected chi connectivity index (χ2v) is 4.18. The van der Waals surface area contributed by atoms with Crippen molar-refractivity contribution in [2.45, 2.75) is 32.6 Å². The van der Waals surface area contributed by atoms with Crippen LogP contribution in [-0.4, -0.2) is 18.9 Å². The highest BCUT2D eigenvalue weighted by Gasteiger charge is 2.04. The molecule has 0 saturated heterocycles. The molecule has 0 fully saturated rings. The van der Waals surface area contributed by atoms with Gasteiger partial charge < -0.3 is 11.1 Å². The average molecular weight is 234 g/mol. The highest BCUT2D eigenvalue weighted by molar-refractivity contribution is 5.96. The monoisotopic (exact) mass is 234 g/mol. The molecular weight excluding hydrogens is 212 g/mol. The topological polar surface area (TPSA) is 55.1 Å². The third-order valence-electron chi connectivity index (χ3n) is 2.67. The summed E-state index contributed by atoms with van der Waals surface area (Å²) in [6.45, 7) is 3.56. The van der Waals surface area contributed by atoms with E-state index in [1.807, 2.05) is 24.3 Å². The van der Waals surface area contributed by atoms with E-state index in [0.717, 1.165) is 24.2 Å². The molecule has 1 rings (SSSR count). The van der Waals surface area contributed by atoms with Crippen LogP contribution in [-0.2, 0) is 0 Å². The summed E-state index contributed by atoms with van der Waals surface area (Å²) >= 11 is 0. The van der Waals surface area contributed by atoms with Crippen molar-refractivity contribution in [3.8, 4) is 0 Å². The van der Waals surface area contributed by atoms with Crippen LogP contribution in [0.25, 0.3) is 0 Å². The average Bonchev–Trinajstić information content (AvgIpc) is 2.35. The number of nitrogens with one attached hydrogen (secondary N) is 1. The Balaban J connectivity index is 2.50. The molecule has 1 aromatic rings. The molecule has 0 amide bonds. The second kappa shape index (κ2) is 7.85. The Kier molecular flexibility index (Phi) is 6.33. The van der Waals surface area contributed by atoms with Crippen molar-refractivity contribution in [2.75, 3.05) is 18.4 Å². The lowest BCUT2D eigenvalue weighted by Crippen LogP contribution is -2.08. The molecule has 0 aromatic heterocycles. The SMILES string of the molecule is CCCCCNc1cccc(C(=O)CCN)c1. The van der Waals surface area contributed by atoms with Gasteiger partial charge in [0.2, 0.25) is 0 Å². The first-order valence-corrected chi connectivity index (χ1v) is 6.35. The van der Waals surface area contributed by atoms with Gasteiger partial charge in [0.15, 0.2) is 5.78 Å². The predicted molar refractivity (Wildman–Crippen MR) is 72.5 cm³/mol. The molecule has 0 atom stereocenters. The summed E-state index contributed by atoms with van der Waals surface area (Å²) < 4.78 is 0. The Bertz CT molecular complexity index is 350. The van der Waals surface area contributed by atoms with Crippen molar-refractivity contribution in [2.24, 2.45) is 5.73 Å². The zero-order valence-electron chi connectivity index (χ0n) is 10.5. The summed E-state index contributed by atoms with van der Waals surface area (Å²) in [5.74, 6) is 0.115. The van der Waals surface area contributed by atoms with Crippen molar-refractivity contribution >= 4 is 11.5 Å². The lowest BCUT2D eigenvalue weighted by Gasteiger charge is -2.07. The van der Waals surface area contributed by atoms with Crippen LogP contribution in [0.2, 0.25) is 0 Å². The minimum atomic E-state index is 0.115. The van der Waals surface area contributed by atoms with Gasteiger partial charge in [-0.3, -0.25) is 4.79 Å². The molecule has 0 heterocycles. The smallest absolute Gasteiger partial charge is 0.164 e. The van der Waals surface area contributed by atoms with Crippen molar-refractivity contribution < 1.29 is 4.79 Å². The lowest BCUT2D eigenvalue weighted by atomic mass is 10.1. The number of rotatable bonds is 8. The first kappa shape index (κ1) is 13.7. The number of ketones is 1. The number of hydrogen-bond acceptors (Lipinski definition) is 3. The van der Waals surface area contributed by atoms with Crippen LogP contribution in [0.4, 0.5) is 5.69 Å². The molecule has 0 aliphatic rings. The largest absolute Gasteiger partial charge is 0.385 e. The summed E-state index contributed by atoms with van der Waals surface area (Å²) in [5, 5.41) is 3.33. The minimum Gasteiger partial charge on any atom is -0.385 e. The van der Waals surface area contributed by atoms with Gasteiger partial charge in [-0.2, -0.15) is 0 Å². The molecule has 3 nitrogen and oxygen atoms in total. The van der Waals surface area contributed by atoms with Gasteiger partial charge in [-0.25, -0.2) is 0 Å². The summed E-state index contributed by atoms with van der Waals surface area (Å²) in [6, 6.07) is 7.65. The number of unbranched alkanes of at least 4 members (excludes halogenated alkanes) is 2. The molecule has 1 aromatic carbocycles. The van der Waals surface area contributed by atoms with Crippen molar-refractivity contribution in [3.05, 3.63) is 29.8 Å². The van der Waals surface area contributed by atoms with Gasteiger partial charge in [0.1, 0.15) is 0 Å². The van der Waals surface area contributed by atoms with E-state index < -0.39 is 0 Å². The van der Waals surface area contributed by atoms with E-state index in [2.05, 4.69) is 12.2 Å². The first-order chi connectivity index (χ1) is 8.27. The normalized spacial score (nSPS) is 10.2. The zero-order valence-corrected chi connectivity index (χ0v) is 10.5. The van der Waals surface area contributed by atoms with E-state index >= 15 is 0 Å². The van der Waals surface area contributed by atoms with Crippen molar-refractivity contribution in [1.29, 1.82) is 0 Å². The molecule has 3 N–H and O–H groups in total. The molecule has 0 radical (unpaired) electrons. The van der Waals surface area contributed by atoms with E-state index in [9.17, 15) is 4.79 Å². The number of carbonyl (C=O) groups is 1. The summed E-state index contributed by atoms with van der Waals surface area (Å²) in [6.07, 6.45) is 4.03. The summed E-state index contributed by atoms with van der Waals surface area (Å²) in [5.41, 5.74) is 7.15. The van der Waals surface area contributed by atoms with Crippen molar-refractivity contribution in [3.63, 3.8) is 0 Å². The first-order valence-electron chi connectivity index (χ1n) is 6.35. The molecule has 94 valence electrons. The maximum absolute atomic E-state index is 11.7. The Labute approximate surface area is 103 Å². The highest BCUT2D eigenvalue weighted by atomic mass is 16.1. The van der Waals surface area contributed by atoms with E-state index in [1.54, 1.807) is 0 Å². The quantitative estimate of drug-likeness (QED) is 0.537. The number of hydrogen-bond donors (Lipinski definition) is 2. The number of nitrogens with two attached hydrogens (primary N) is 1. The summed E-state index contributed by atoms with van der Waals surface area (Å²) in [7, 11) is 0. The molecule has 0 aliphatic heterocycles. The van der Waals surface area contributed by atoms with E-state index in [0.29, 0.717) is 13.0 Å². The third-order valence-corrected chi connectivity index (χ3v) is 2.67. The summed E-state index contributed by atoms with van der Waals surface area (Å²) in [4.78, 5) is 11.7. The molecule has 0 aliphatic carbocycles.